The Labute approximate surface area is 93.0 Å². The Kier molecular flexibility index (Phi) is 2.44. The Morgan fingerprint density at radius 3 is 2.50 bits per heavy atom. The fourth-order valence-corrected chi connectivity index (χ4v) is 1.68. The van der Waals surface area contributed by atoms with E-state index in [4.69, 9.17) is 5.73 Å². The number of benzene rings is 1. The van der Waals surface area contributed by atoms with Crippen LogP contribution in [0.4, 0.5) is 5.95 Å². The van der Waals surface area contributed by atoms with Crippen LogP contribution in [0.5, 0.6) is 5.75 Å². The highest BCUT2D eigenvalue weighted by Gasteiger charge is 2.10. The first-order chi connectivity index (χ1) is 7.58. The van der Waals surface area contributed by atoms with E-state index in [9.17, 15) is 5.11 Å². The monoisotopic (exact) mass is 216 g/mol. The lowest BCUT2D eigenvalue weighted by molar-refractivity contribution is 0.476. The lowest BCUT2D eigenvalue weighted by Crippen LogP contribution is -1.99. The van der Waals surface area contributed by atoms with Crippen molar-refractivity contribution in [2.75, 3.05) is 5.73 Å². The maximum absolute atomic E-state index is 9.87. The number of rotatable bonds is 1. The predicted molar refractivity (Wildman–Crippen MR) is 60.8 cm³/mol. The van der Waals surface area contributed by atoms with Gasteiger partial charge in [-0.15, -0.1) is 10.2 Å². The number of aromatic nitrogens is 3. The number of aryl methyl sites for hydroxylation is 2. The van der Waals surface area contributed by atoms with E-state index in [0.29, 0.717) is 11.3 Å². The van der Waals surface area contributed by atoms with Crippen LogP contribution < -0.4 is 5.73 Å². The second-order valence-corrected chi connectivity index (χ2v) is 3.68. The Balaban J connectivity index is 2.60. The summed E-state index contributed by atoms with van der Waals surface area (Å²) >= 11 is 0. The molecule has 0 radical (unpaired) electrons. The zero-order chi connectivity index (χ0) is 11.7. The lowest BCUT2D eigenvalue weighted by atomic mass is 10.0. The van der Waals surface area contributed by atoms with Crippen molar-refractivity contribution in [2.45, 2.75) is 13.8 Å². The predicted octanol–water partition coefficient (Wildman–Crippen LogP) is 1.44. The maximum Gasteiger partial charge on any atom is 0.240 e. The van der Waals surface area contributed by atoms with Crippen LogP contribution in [0.2, 0.25) is 0 Å². The topological polar surface area (TPSA) is 84.9 Å². The van der Waals surface area contributed by atoms with Crippen LogP contribution in [0.15, 0.2) is 18.3 Å². The van der Waals surface area contributed by atoms with E-state index in [-0.39, 0.29) is 11.7 Å². The summed E-state index contributed by atoms with van der Waals surface area (Å²) in [6.45, 7) is 3.82. The van der Waals surface area contributed by atoms with Gasteiger partial charge < -0.3 is 10.8 Å². The zero-order valence-corrected chi connectivity index (χ0v) is 9.10. The third kappa shape index (κ3) is 1.79. The number of hydrogen-bond acceptors (Lipinski definition) is 5. The van der Waals surface area contributed by atoms with Crippen LogP contribution >= 0.6 is 0 Å². The molecule has 0 fully saturated rings. The Hall–Kier alpha value is -2.17. The van der Waals surface area contributed by atoms with Crippen LogP contribution in [0.1, 0.15) is 11.1 Å². The highest BCUT2D eigenvalue weighted by atomic mass is 16.3. The Morgan fingerprint density at radius 2 is 1.94 bits per heavy atom. The van der Waals surface area contributed by atoms with Crippen LogP contribution in [-0.4, -0.2) is 20.3 Å². The lowest BCUT2D eigenvalue weighted by Gasteiger charge is -2.08. The molecule has 1 heterocycles. The van der Waals surface area contributed by atoms with Gasteiger partial charge in [-0.05, 0) is 31.0 Å². The average Bonchev–Trinajstić information content (AvgIpc) is 2.19. The Morgan fingerprint density at radius 1 is 1.19 bits per heavy atom. The molecule has 5 nitrogen and oxygen atoms in total. The SMILES string of the molecule is Cc1cc(C)c(-c2cnc(N)nn2)c(O)c1. The summed E-state index contributed by atoms with van der Waals surface area (Å²) in [6, 6.07) is 3.65. The summed E-state index contributed by atoms with van der Waals surface area (Å²) in [5.74, 6) is 0.298. The van der Waals surface area contributed by atoms with E-state index < -0.39 is 0 Å². The summed E-state index contributed by atoms with van der Waals surface area (Å²) in [7, 11) is 0. The van der Waals surface area contributed by atoms with Gasteiger partial charge >= 0.3 is 0 Å². The van der Waals surface area contributed by atoms with Crippen LogP contribution in [-0.2, 0) is 0 Å². The third-order valence-electron chi connectivity index (χ3n) is 2.29. The molecule has 3 N–H and O–H groups in total. The second-order valence-electron chi connectivity index (χ2n) is 3.68. The van der Waals surface area contributed by atoms with E-state index in [1.165, 1.54) is 6.20 Å². The van der Waals surface area contributed by atoms with Gasteiger partial charge in [0.05, 0.1) is 6.20 Å². The summed E-state index contributed by atoms with van der Waals surface area (Å²) in [4.78, 5) is 3.85. The molecular formula is C11H12N4O. The minimum Gasteiger partial charge on any atom is -0.507 e. The van der Waals surface area contributed by atoms with Crippen LogP contribution in [0, 0.1) is 13.8 Å². The maximum atomic E-state index is 9.87. The van der Waals surface area contributed by atoms with Gasteiger partial charge in [-0.1, -0.05) is 6.07 Å². The number of nitrogens with zero attached hydrogens (tertiary/aromatic N) is 3. The molecular weight excluding hydrogens is 204 g/mol. The van der Waals surface area contributed by atoms with Crippen LogP contribution in [0.25, 0.3) is 11.3 Å². The molecule has 2 rings (SSSR count). The van der Waals surface area contributed by atoms with Crippen molar-refractivity contribution in [1.82, 2.24) is 15.2 Å². The smallest absolute Gasteiger partial charge is 0.240 e. The van der Waals surface area contributed by atoms with Crippen molar-refractivity contribution in [3.63, 3.8) is 0 Å². The molecule has 0 saturated heterocycles. The third-order valence-corrected chi connectivity index (χ3v) is 2.29. The minimum atomic E-state index is 0.119. The first-order valence-electron chi connectivity index (χ1n) is 4.83. The molecule has 82 valence electrons. The molecule has 0 aliphatic heterocycles. The number of aromatic hydroxyl groups is 1. The van der Waals surface area contributed by atoms with Gasteiger partial charge in [0.25, 0.3) is 0 Å². The van der Waals surface area contributed by atoms with E-state index in [1.807, 2.05) is 19.9 Å². The number of hydrogen-bond donors (Lipinski definition) is 2. The van der Waals surface area contributed by atoms with E-state index in [0.717, 1.165) is 11.1 Å². The summed E-state index contributed by atoms with van der Waals surface area (Å²) in [5, 5.41) is 17.4. The second kappa shape index (κ2) is 3.77. The largest absolute Gasteiger partial charge is 0.507 e. The summed E-state index contributed by atoms with van der Waals surface area (Å²) in [6.07, 6.45) is 1.50. The van der Waals surface area contributed by atoms with Gasteiger partial charge in [-0.3, -0.25) is 0 Å². The zero-order valence-electron chi connectivity index (χ0n) is 9.10. The van der Waals surface area contributed by atoms with Gasteiger partial charge in [-0.2, -0.15) is 0 Å². The van der Waals surface area contributed by atoms with Crippen molar-refractivity contribution in [2.24, 2.45) is 0 Å². The van der Waals surface area contributed by atoms with Gasteiger partial charge in [-0.25, -0.2) is 4.98 Å². The quantitative estimate of drug-likeness (QED) is 0.753. The number of anilines is 1. The molecule has 0 spiro atoms. The highest BCUT2D eigenvalue weighted by Crippen LogP contribution is 2.31. The van der Waals surface area contributed by atoms with Crippen molar-refractivity contribution >= 4 is 5.95 Å². The molecule has 0 aliphatic carbocycles. The van der Waals surface area contributed by atoms with Crippen molar-refractivity contribution in [3.05, 3.63) is 29.5 Å². The first-order valence-corrected chi connectivity index (χ1v) is 4.83. The molecule has 16 heavy (non-hydrogen) atoms. The average molecular weight is 216 g/mol. The molecule has 0 unspecified atom stereocenters. The molecule has 1 aromatic heterocycles. The number of nitrogen functional groups attached to an aromatic ring is 1. The molecule has 0 atom stereocenters. The Bertz CT molecular complexity index is 499. The van der Waals surface area contributed by atoms with Gasteiger partial charge in [0.15, 0.2) is 0 Å². The van der Waals surface area contributed by atoms with Gasteiger partial charge in [0.1, 0.15) is 11.4 Å². The molecule has 2 aromatic rings. The molecule has 0 aliphatic rings. The van der Waals surface area contributed by atoms with E-state index >= 15 is 0 Å². The van der Waals surface area contributed by atoms with E-state index in [1.54, 1.807) is 6.07 Å². The van der Waals surface area contributed by atoms with Crippen molar-refractivity contribution in [3.8, 4) is 17.0 Å². The fraction of sp³-hybridized carbons (Fsp3) is 0.182. The summed E-state index contributed by atoms with van der Waals surface area (Å²) in [5.41, 5.74) is 8.44. The van der Waals surface area contributed by atoms with Crippen LogP contribution in [0.3, 0.4) is 0 Å². The normalized spacial score (nSPS) is 10.4. The fourth-order valence-electron chi connectivity index (χ4n) is 1.68. The molecule has 5 heteroatoms. The molecule has 0 saturated carbocycles. The standard InChI is InChI=1S/C11H12N4O/c1-6-3-7(2)10(9(16)4-6)8-5-13-11(12)15-14-8/h3-5,16H,1-2H3,(H2,12,13,15). The number of phenolic OH excluding ortho intramolecular Hbond substituents is 1. The van der Waals surface area contributed by atoms with Gasteiger partial charge in [0.2, 0.25) is 5.95 Å². The van der Waals surface area contributed by atoms with E-state index in [2.05, 4.69) is 15.2 Å². The van der Waals surface area contributed by atoms with Gasteiger partial charge in [0, 0.05) is 5.56 Å². The molecule has 1 aromatic carbocycles. The minimum absolute atomic E-state index is 0.119. The first kappa shape index (κ1) is 10.4. The van der Waals surface area contributed by atoms with Crippen molar-refractivity contribution < 1.29 is 5.11 Å². The number of phenols is 1. The van der Waals surface area contributed by atoms with Crippen molar-refractivity contribution in [1.29, 1.82) is 0 Å². The molecule has 0 bridgehead atoms. The highest BCUT2D eigenvalue weighted by molar-refractivity contribution is 5.70. The number of nitrogens with two attached hydrogens (primary N) is 1. The molecule has 0 amide bonds. The summed E-state index contributed by atoms with van der Waals surface area (Å²) < 4.78 is 0.